The van der Waals surface area contributed by atoms with Crippen LogP contribution in [0.5, 0.6) is 0 Å². The molecule has 1 amide bonds. The molecule has 0 spiro atoms. The standard InChI is InChI=1S/C9H13N3O/c1-8(13)11-12-9(7-10)5-3-2-4-6-9/h2-6H2,1H3. The number of azo groups is 1. The Morgan fingerprint density at radius 2 is 2.00 bits per heavy atom. The lowest BCUT2D eigenvalue weighted by atomic mass is 9.84. The first-order valence-corrected chi connectivity index (χ1v) is 4.53. The van der Waals surface area contributed by atoms with Gasteiger partial charge in [0.25, 0.3) is 5.91 Å². The van der Waals surface area contributed by atoms with E-state index in [1.807, 2.05) is 0 Å². The smallest absolute Gasteiger partial charge is 0.261 e. The van der Waals surface area contributed by atoms with E-state index in [4.69, 9.17) is 5.26 Å². The minimum Gasteiger partial charge on any atom is -0.271 e. The molecule has 0 aliphatic heterocycles. The zero-order chi connectivity index (χ0) is 9.73. The zero-order valence-electron chi connectivity index (χ0n) is 7.79. The van der Waals surface area contributed by atoms with Crippen molar-refractivity contribution in [3.63, 3.8) is 0 Å². The summed E-state index contributed by atoms with van der Waals surface area (Å²) in [6, 6.07) is 2.16. The molecule has 0 heterocycles. The minimum atomic E-state index is -0.704. The van der Waals surface area contributed by atoms with Crippen LogP contribution in [0.25, 0.3) is 0 Å². The van der Waals surface area contributed by atoms with Crippen molar-refractivity contribution in [3.8, 4) is 6.07 Å². The molecule has 0 N–H and O–H groups in total. The quantitative estimate of drug-likeness (QED) is 0.579. The lowest BCUT2D eigenvalue weighted by molar-refractivity contribution is -0.116. The summed E-state index contributed by atoms with van der Waals surface area (Å²) in [5.41, 5.74) is -0.704. The molecule has 70 valence electrons. The van der Waals surface area contributed by atoms with Crippen molar-refractivity contribution in [2.45, 2.75) is 44.6 Å². The maximum absolute atomic E-state index is 10.6. The van der Waals surface area contributed by atoms with E-state index in [-0.39, 0.29) is 5.91 Å². The Labute approximate surface area is 77.7 Å². The number of nitriles is 1. The van der Waals surface area contributed by atoms with Crippen molar-refractivity contribution < 1.29 is 4.79 Å². The maximum Gasteiger partial charge on any atom is 0.261 e. The van der Waals surface area contributed by atoms with Crippen molar-refractivity contribution in [3.05, 3.63) is 0 Å². The molecule has 1 fully saturated rings. The third-order valence-corrected chi connectivity index (χ3v) is 2.27. The van der Waals surface area contributed by atoms with E-state index in [1.54, 1.807) is 0 Å². The summed E-state index contributed by atoms with van der Waals surface area (Å²) in [6.45, 7) is 1.34. The number of hydrogen-bond acceptors (Lipinski definition) is 3. The molecule has 0 unspecified atom stereocenters. The SMILES string of the molecule is CC(=O)N=NC1(C#N)CCCCC1. The highest BCUT2D eigenvalue weighted by molar-refractivity contribution is 5.73. The van der Waals surface area contributed by atoms with E-state index in [1.165, 1.54) is 6.92 Å². The predicted octanol–water partition coefficient (Wildman–Crippen LogP) is 2.21. The highest BCUT2D eigenvalue weighted by Gasteiger charge is 2.32. The molecule has 4 nitrogen and oxygen atoms in total. The second-order valence-corrected chi connectivity index (χ2v) is 3.42. The number of carbonyl (C=O) groups is 1. The highest BCUT2D eigenvalue weighted by Crippen LogP contribution is 2.31. The Morgan fingerprint density at radius 1 is 1.38 bits per heavy atom. The van der Waals surface area contributed by atoms with Crippen molar-refractivity contribution in [2.24, 2.45) is 10.2 Å². The molecular formula is C9H13N3O. The van der Waals surface area contributed by atoms with E-state index in [9.17, 15) is 4.79 Å². The first-order chi connectivity index (χ1) is 6.18. The topological polar surface area (TPSA) is 65.6 Å². The largest absolute Gasteiger partial charge is 0.271 e. The van der Waals surface area contributed by atoms with E-state index in [0.29, 0.717) is 0 Å². The molecule has 0 bridgehead atoms. The molecule has 1 rings (SSSR count). The van der Waals surface area contributed by atoms with Gasteiger partial charge in [-0.2, -0.15) is 10.4 Å². The third-order valence-electron chi connectivity index (χ3n) is 2.27. The van der Waals surface area contributed by atoms with Gasteiger partial charge in [0, 0.05) is 6.92 Å². The Morgan fingerprint density at radius 3 is 2.46 bits per heavy atom. The van der Waals surface area contributed by atoms with Crippen LogP contribution >= 0.6 is 0 Å². The lowest BCUT2D eigenvalue weighted by Gasteiger charge is -2.24. The van der Waals surface area contributed by atoms with Gasteiger partial charge in [-0.1, -0.05) is 6.42 Å². The molecule has 0 radical (unpaired) electrons. The number of amides is 1. The van der Waals surface area contributed by atoms with E-state index in [2.05, 4.69) is 16.3 Å². The molecule has 0 saturated heterocycles. The van der Waals surface area contributed by atoms with Crippen LogP contribution in [0.2, 0.25) is 0 Å². The summed E-state index contributed by atoms with van der Waals surface area (Å²) < 4.78 is 0. The summed E-state index contributed by atoms with van der Waals surface area (Å²) in [6.07, 6.45) is 4.63. The van der Waals surface area contributed by atoms with Gasteiger partial charge in [0.05, 0.1) is 6.07 Å². The van der Waals surface area contributed by atoms with Gasteiger partial charge < -0.3 is 0 Å². The summed E-state index contributed by atoms with van der Waals surface area (Å²) >= 11 is 0. The molecule has 0 aromatic carbocycles. The molecular weight excluding hydrogens is 166 g/mol. The molecule has 1 aliphatic rings. The first kappa shape index (κ1) is 9.85. The van der Waals surface area contributed by atoms with Gasteiger partial charge >= 0.3 is 0 Å². The van der Waals surface area contributed by atoms with Crippen LogP contribution in [-0.2, 0) is 4.79 Å². The van der Waals surface area contributed by atoms with Gasteiger partial charge in [-0.05, 0) is 25.7 Å². The van der Waals surface area contributed by atoms with E-state index in [0.717, 1.165) is 32.1 Å². The van der Waals surface area contributed by atoms with Crippen LogP contribution < -0.4 is 0 Å². The van der Waals surface area contributed by atoms with Crippen LogP contribution in [0.1, 0.15) is 39.0 Å². The fourth-order valence-electron chi connectivity index (χ4n) is 1.54. The van der Waals surface area contributed by atoms with Crippen molar-refractivity contribution in [1.82, 2.24) is 0 Å². The number of carbonyl (C=O) groups excluding carboxylic acids is 1. The van der Waals surface area contributed by atoms with Crippen LogP contribution in [0.3, 0.4) is 0 Å². The van der Waals surface area contributed by atoms with Crippen molar-refractivity contribution in [1.29, 1.82) is 5.26 Å². The molecule has 0 aromatic heterocycles. The summed E-state index contributed by atoms with van der Waals surface area (Å²) in [7, 11) is 0. The van der Waals surface area contributed by atoms with E-state index < -0.39 is 5.54 Å². The average Bonchev–Trinajstić information content (AvgIpc) is 2.16. The van der Waals surface area contributed by atoms with Gasteiger partial charge in [-0.15, -0.1) is 5.11 Å². The second kappa shape index (κ2) is 4.13. The highest BCUT2D eigenvalue weighted by atomic mass is 16.1. The number of hydrogen-bond donors (Lipinski definition) is 0. The summed E-state index contributed by atoms with van der Waals surface area (Å²) in [4.78, 5) is 10.6. The van der Waals surface area contributed by atoms with E-state index >= 15 is 0 Å². The van der Waals surface area contributed by atoms with Gasteiger partial charge in [0.1, 0.15) is 0 Å². The normalized spacial score (nSPS) is 21.2. The van der Waals surface area contributed by atoms with Crippen LogP contribution in [0, 0.1) is 11.3 Å². The number of nitrogens with zero attached hydrogens (tertiary/aromatic N) is 3. The fraction of sp³-hybridized carbons (Fsp3) is 0.778. The fourth-order valence-corrected chi connectivity index (χ4v) is 1.54. The number of rotatable bonds is 1. The molecule has 13 heavy (non-hydrogen) atoms. The minimum absolute atomic E-state index is 0.333. The Bertz CT molecular complexity index is 259. The Balaban J connectivity index is 2.69. The van der Waals surface area contributed by atoms with Gasteiger partial charge in [-0.3, -0.25) is 4.79 Å². The summed E-state index contributed by atoms with van der Waals surface area (Å²) in [5.74, 6) is -0.333. The average molecular weight is 179 g/mol. The van der Waals surface area contributed by atoms with Gasteiger partial charge in [0.15, 0.2) is 5.54 Å². The Kier molecular flexibility index (Phi) is 3.13. The van der Waals surface area contributed by atoms with Crippen molar-refractivity contribution in [2.75, 3.05) is 0 Å². The maximum atomic E-state index is 10.6. The molecule has 0 atom stereocenters. The predicted molar refractivity (Wildman–Crippen MR) is 47.0 cm³/mol. The van der Waals surface area contributed by atoms with Gasteiger partial charge in [0.2, 0.25) is 0 Å². The van der Waals surface area contributed by atoms with Crippen molar-refractivity contribution >= 4 is 5.91 Å². The Hall–Kier alpha value is -1.24. The van der Waals surface area contributed by atoms with Crippen LogP contribution in [0.15, 0.2) is 10.2 Å². The molecule has 1 saturated carbocycles. The lowest BCUT2D eigenvalue weighted by Crippen LogP contribution is -2.26. The zero-order valence-corrected chi connectivity index (χ0v) is 7.79. The molecule has 0 aromatic rings. The summed E-state index contributed by atoms with van der Waals surface area (Å²) in [5, 5.41) is 16.2. The van der Waals surface area contributed by atoms with Crippen LogP contribution in [0.4, 0.5) is 0 Å². The van der Waals surface area contributed by atoms with Crippen LogP contribution in [-0.4, -0.2) is 11.4 Å². The second-order valence-electron chi connectivity index (χ2n) is 3.42. The molecule has 4 heteroatoms. The first-order valence-electron chi connectivity index (χ1n) is 4.53. The monoisotopic (exact) mass is 179 g/mol. The molecule has 1 aliphatic carbocycles. The van der Waals surface area contributed by atoms with Gasteiger partial charge in [-0.25, -0.2) is 0 Å². The third kappa shape index (κ3) is 2.62.